The van der Waals surface area contributed by atoms with Gasteiger partial charge in [0.2, 0.25) is 0 Å². The highest BCUT2D eigenvalue weighted by molar-refractivity contribution is 6.27. The third-order valence-corrected chi connectivity index (χ3v) is 16.5. The van der Waals surface area contributed by atoms with E-state index in [4.69, 9.17) is 9.98 Å². The number of rotatable bonds is 5. The molecule has 8 aliphatic rings. The Kier molecular flexibility index (Phi) is 8.99. The van der Waals surface area contributed by atoms with Crippen molar-refractivity contribution in [1.29, 1.82) is 0 Å². The summed E-state index contributed by atoms with van der Waals surface area (Å²) in [5.41, 5.74) is 17.1. The number of hydrogen-bond acceptors (Lipinski definition) is 4. The van der Waals surface area contributed by atoms with Crippen LogP contribution < -0.4 is 10.2 Å². The summed E-state index contributed by atoms with van der Waals surface area (Å²) in [6, 6.07) is 43.9. The van der Waals surface area contributed by atoms with E-state index in [0.717, 1.165) is 42.9 Å². The van der Waals surface area contributed by atoms with E-state index in [1.807, 2.05) is 0 Å². The first-order chi connectivity index (χ1) is 34.7. The maximum absolute atomic E-state index is 5.49. The fraction of sp³-hybridized carbons (Fsp3) is 0.169. The molecule has 0 spiro atoms. The van der Waals surface area contributed by atoms with Crippen LogP contribution in [0, 0.1) is 11.8 Å². The summed E-state index contributed by atoms with van der Waals surface area (Å²) in [7, 11) is 0. The molecule has 1 N–H and O–H groups in total. The molecule has 70 heavy (non-hydrogen) atoms. The van der Waals surface area contributed by atoms with Gasteiger partial charge in [0.05, 0.1) is 17.6 Å². The predicted octanol–water partition coefficient (Wildman–Crippen LogP) is 14.8. The van der Waals surface area contributed by atoms with Gasteiger partial charge in [-0.15, -0.1) is 0 Å². The van der Waals surface area contributed by atoms with Crippen LogP contribution in [0.5, 0.6) is 0 Å². The Bertz CT molecular complexity index is 3760. The maximum atomic E-state index is 5.49. The van der Waals surface area contributed by atoms with Gasteiger partial charge in [-0.1, -0.05) is 182 Å². The lowest BCUT2D eigenvalue weighted by atomic mass is 9.72. The van der Waals surface area contributed by atoms with Crippen molar-refractivity contribution in [2.24, 2.45) is 21.8 Å². The van der Waals surface area contributed by atoms with Gasteiger partial charge >= 0.3 is 0 Å². The van der Waals surface area contributed by atoms with Crippen molar-refractivity contribution >= 4 is 73.3 Å². The molecular weight excluding hydrogens is 851 g/mol. The number of benzene rings is 6. The molecule has 1 aromatic heterocycles. The standard InChI is InChI=1S/C65H51N5/c1-2-18-41(19-3-1)63-66-64(68-65(67-63)55-38-42-20-5-6-22-44(42)46-24-8-9-25-47(46)55)51-34-36-59(49-27-11-10-26-48(49)51)70-56-30-14-12-28-50(56)54-37-43-21-16-32-58(53(43)39-61(54)70)69-57-31-15-13-29-52(57)62-45-23-7-4-17-40(45)33-35-60(62)69/h1-6,8-18,20-22,24-35,37-39,41,46-47,52,57,59,65H,7,19,23,36H2,(H,66,67,68). The minimum absolute atomic E-state index is 0.0619. The van der Waals surface area contributed by atoms with Crippen LogP contribution in [-0.2, 0) is 6.42 Å². The molecule has 0 amide bonds. The molecular formula is C65H51N5. The molecule has 2 aliphatic heterocycles. The molecule has 15 rings (SSSR count). The summed E-state index contributed by atoms with van der Waals surface area (Å²) in [5, 5.41) is 9.09. The molecule has 6 aromatic carbocycles. The van der Waals surface area contributed by atoms with Crippen LogP contribution in [0.15, 0.2) is 216 Å². The Morgan fingerprint density at radius 3 is 2.36 bits per heavy atom. The molecule has 0 fully saturated rings. The van der Waals surface area contributed by atoms with Gasteiger partial charge in [0, 0.05) is 62.3 Å². The minimum atomic E-state index is -0.260. The lowest BCUT2D eigenvalue weighted by Gasteiger charge is -2.37. The molecule has 7 atom stereocenters. The fourth-order valence-electron chi connectivity index (χ4n) is 13.4. The first-order valence-electron chi connectivity index (χ1n) is 25.4. The first kappa shape index (κ1) is 39.9. The average molecular weight is 902 g/mol. The van der Waals surface area contributed by atoms with E-state index in [9.17, 15) is 0 Å². The number of anilines is 2. The molecule has 0 radical (unpaired) electrons. The summed E-state index contributed by atoms with van der Waals surface area (Å²) < 4.78 is 2.65. The van der Waals surface area contributed by atoms with E-state index < -0.39 is 0 Å². The topological polar surface area (TPSA) is 44.9 Å². The molecule has 0 saturated heterocycles. The van der Waals surface area contributed by atoms with E-state index in [-0.39, 0.29) is 36.0 Å². The van der Waals surface area contributed by atoms with Crippen LogP contribution in [0.25, 0.3) is 50.3 Å². The van der Waals surface area contributed by atoms with Crippen molar-refractivity contribution in [2.75, 3.05) is 4.90 Å². The molecule has 5 nitrogen and oxygen atoms in total. The third-order valence-electron chi connectivity index (χ3n) is 16.5. The Morgan fingerprint density at radius 1 is 0.600 bits per heavy atom. The highest BCUT2D eigenvalue weighted by Gasteiger charge is 2.41. The Morgan fingerprint density at radius 2 is 1.43 bits per heavy atom. The van der Waals surface area contributed by atoms with Gasteiger partial charge in [0.1, 0.15) is 17.8 Å². The van der Waals surface area contributed by atoms with Crippen molar-refractivity contribution < 1.29 is 0 Å². The van der Waals surface area contributed by atoms with E-state index >= 15 is 0 Å². The Balaban J connectivity index is 0.863. The average Bonchev–Trinajstić information content (AvgIpc) is 3.94. The van der Waals surface area contributed by atoms with Crippen molar-refractivity contribution in [2.45, 2.75) is 55.8 Å². The van der Waals surface area contributed by atoms with Crippen LogP contribution in [0.1, 0.15) is 76.1 Å². The lowest BCUT2D eigenvalue weighted by molar-refractivity contribution is 0.568. The van der Waals surface area contributed by atoms with Gasteiger partial charge < -0.3 is 14.8 Å². The summed E-state index contributed by atoms with van der Waals surface area (Å²) >= 11 is 0. The minimum Gasteiger partial charge on any atom is -0.344 e. The zero-order chi connectivity index (χ0) is 45.9. The number of nitrogens with one attached hydrogen (secondary N) is 1. The summed E-state index contributed by atoms with van der Waals surface area (Å²) in [6.45, 7) is 0. The number of fused-ring (bicyclic) bond motifs is 13. The monoisotopic (exact) mass is 901 g/mol. The van der Waals surface area contributed by atoms with Crippen molar-refractivity contribution in [3.63, 3.8) is 0 Å². The normalized spacial score (nSPS) is 25.4. The Hall–Kier alpha value is -8.02. The number of allylic oxidation sites excluding steroid dienone is 11. The van der Waals surface area contributed by atoms with Crippen LogP contribution in [0.3, 0.4) is 0 Å². The van der Waals surface area contributed by atoms with E-state index in [1.54, 1.807) is 0 Å². The van der Waals surface area contributed by atoms with Crippen LogP contribution >= 0.6 is 0 Å². The van der Waals surface area contributed by atoms with E-state index in [1.165, 1.54) is 88.5 Å². The second kappa shape index (κ2) is 15.8. The smallest absolute Gasteiger partial charge is 0.144 e. The van der Waals surface area contributed by atoms with Crippen LogP contribution in [0.4, 0.5) is 11.4 Å². The third kappa shape index (κ3) is 6.03. The molecule has 7 aromatic rings. The second-order valence-corrected chi connectivity index (χ2v) is 20.1. The second-order valence-electron chi connectivity index (χ2n) is 20.1. The lowest BCUT2D eigenvalue weighted by Crippen LogP contribution is -2.43. The van der Waals surface area contributed by atoms with Crippen molar-refractivity contribution in [3.8, 4) is 0 Å². The Labute approximate surface area is 408 Å². The van der Waals surface area contributed by atoms with Gasteiger partial charge in [-0.2, -0.15) is 0 Å². The highest BCUT2D eigenvalue weighted by Crippen LogP contribution is 2.53. The molecule has 7 unspecified atom stereocenters. The van der Waals surface area contributed by atoms with Gasteiger partial charge in [0.25, 0.3) is 0 Å². The number of amidine groups is 2. The van der Waals surface area contributed by atoms with Gasteiger partial charge in [-0.05, 0) is 106 Å². The molecule has 6 aliphatic carbocycles. The molecule has 0 bridgehead atoms. The van der Waals surface area contributed by atoms with Gasteiger partial charge in [-0.3, -0.25) is 0 Å². The molecule has 3 heterocycles. The van der Waals surface area contributed by atoms with Crippen molar-refractivity contribution in [1.82, 2.24) is 9.88 Å². The quantitative estimate of drug-likeness (QED) is 0.187. The number of nitrogens with zero attached hydrogens (tertiary/aromatic N) is 4. The molecule has 336 valence electrons. The van der Waals surface area contributed by atoms with Crippen LogP contribution in [0.2, 0.25) is 0 Å². The first-order valence-corrected chi connectivity index (χ1v) is 25.4. The highest BCUT2D eigenvalue weighted by atomic mass is 15.2. The van der Waals surface area contributed by atoms with Gasteiger partial charge in [0.15, 0.2) is 0 Å². The van der Waals surface area contributed by atoms with Gasteiger partial charge in [-0.25, -0.2) is 9.98 Å². The maximum Gasteiger partial charge on any atom is 0.144 e. The number of aliphatic imine (C=N–C) groups is 2. The molecule has 0 saturated carbocycles. The summed E-state index contributed by atoms with van der Waals surface area (Å²) in [6.07, 6.45) is 40.4. The zero-order valence-corrected chi connectivity index (χ0v) is 38.9. The summed E-state index contributed by atoms with van der Waals surface area (Å²) in [4.78, 5) is 13.6. The number of para-hydroxylation sites is 1. The molecule has 5 heteroatoms. The SMILES string of the molecule is C1=CCC(C2=NC(C3=Cc4ccccc4C4C=CC=CC34)NC(C3=CCC(n4c5ccccc5c5cc6cccc(N7c8ccc9c(c8C8C=CC=CC87)CCC=C9)c6cc54)c4ccccc43)=N2)C=C1. The zero-order valence-electron chi connectivity index (χ0n) is 38.9. The number of hydrogen-bond donors (Lipinski definition) is 1. The largest absolute Gasteiger partial charge is 0.344 e. The predicted molar refractivity (Wildman–Crippen MR) is 292 cm³/mol. The fourth-order valence-corrected chi connectivity index (χ4v) is 13.4. The number of aromatic nitrogens is 1. The van der Waals surface area contributed by atoms with Crippen LogP contribution in [-0.4, -0.2) is 28.4 Å². The summed E-state index contributed by atoms with van der Waals surface area (Å²) in [5.74, 6) is 2.69. The van der Waals surface area contributed by atoms with E-state index in [2.05, 4.69) is 227 Å². The van der Waals surface area contributed by atoms with E-state index in [0.29, 0.717) is 5.92 Å². The van der Waals surface area contributed by atoms with Crippen molar-refractivity contribution in [3.05, 3.63) is 245 Å².